The summed E-state index contributed by atoms with van der Waals surface area (Å²) in [5.74, 6) is -0.378. The lowest BCUT2D eigenvalue weighted by Gasteiger charge is -2.16. The molecule has 0 fully saturated rings. The molecule has 0 aromatic heterocycles. The van der Waals surface area contributed by atoms with Crippen molar-refractivity contribution in [1.82, 2.24) is 0 Å². The summed E-state index contributed by atoms with van der Waals surface area (Å²) in [7, 11) is 1.67. The quantitative estimate of drug-likeness (QED) is 0.892. The molecule has 0 aliphatic rings. The largest absolute Gasteiger partial charge is 0.388 e. The van der Waals surface area contributed by atoms with Gasteiger partial charge in [0.1, 0.15) is 0 Å². The van der Waals surface area contributed by atoms with Crippen molar-refractivity contribution < 1.29 is 14.7 Å². The molecule has 2 N–H and O–H groups in total. The van der Waals surface area contributed by atoms with E-state index in [1.165, 1.54) is 11.8 Å². The highest BCUT2D eigenvalue weighted by Gasteiger charge is 2.13. The molecule has 0 heterocycles. The number of carbonyl (C=O) groups excluding carboxylic acids is 2. The third-order valence-electron chi connectivity index (χ3n) is 3.55. The number of rotatable bonds is 5. The van der Waals surface area contributed by atoms with Crippen molar-refractivity contribution in [2.45, 2.75) is 19.4 Å². The molecule has 1 unspecified atom stereocenters. The molecule has 5 heteroatoms. The van der Waals surface area contributed by atoms with E-state index in [4.69, 9.17) is 0 Å². The van der Waals surface area contributed by atoms with Crippen molar-refractivity contribution >= 4 is 23.2 Å². The average molecular weight is 312 g/mol. The number of hydrogen-bond acceptors (Lipinski definition) is 3. The van der Waals surface area contributed by atoms with Crippen molar-refractivity contribution in [3.8, 4) is 0 Å². The normalized spacial score (nSPS) is 11.6. The third kappa shape index (κ3) is 4.66. The van der Waals surface area contributed by atoms with Gasteiger partial charge in [-0.1, -0.05) is 36.4 Å². The number of aliphatic hydroxyl groups excluding tert-OH is 1. The van der Waals surface area contributed by atoms with Gasteiger partial charge in [0.15, 0.2) is 0 Å². The predicted molar refractivity (Wildman–Crippen MR) is 90.2 cm³/mol. The van der Waals surface area contributed by atoms with Crippen LogP contribution in [0.25, 0.3) is 0 Å². The van der Waals surface area contributed by atoms with E-state index in [2.05, 4.69) is 5.32 Å². The third-order valence-corrected chi connectivity index (χ3v) is 3.55. The molecule has 2 rings (SSSR count). The maximum atomic E-state index is 12.1. The number of amides is 2. The van der Waals surface area contributed by atoms with Gasteiger partial charge in [-0.05, 0) is 23.8 Å². The fourth-order valence-electron chi connectivity index (χ4n) is 2.15. The van der Waals surface area contributed by atoms with Crippen LogP contribution in [0.1, 0.15) is 25.0 Å². The highest BCUT2D eigenvalue weighted by Crippen LogP contribution is 2.20. The Labute approximate surface area is 135 Å². The molecule has 0 aliphatic carbocycles. The second-order valence-electron chi connectivity index (χ2n) is 5.31. The molecular weight excluding hydrogens is 292 g/mol. The maximum absolute atomic E-state index is 12.1. The summed E-state index contributed by atoms with van der Waals surface area (Å²) in [5, 5.41) is 12.8. The number of benzene rings is 2. The zero-order valence-electron chi connectivity index (χ0n) is 13.2. The average Bonchev–Trinajstić information content (AvgIpc) is 2.55. The van der Waals surface area contributed by atoms with E-state index in [-0.39, 0.29) is 18.2 Å². The Kier molecular flexibility index (Phi) is 5.49. The second kappa shape index (κ2) is 7.56. The number of aliphatic hydroxyl groups is 1. The van der Waals surface area contributed by atoms with Crippen LogP contribution in [0.4, 0.5) is 11.4 Å². The minimum absolute atomic E-state index is 0.0310. The lowest BCUT2D eigenvalue weighted by Crippen LogP contribution is -2.23. The van der Waals surface area contributed by atoms with Crippen LogP contribution in [-0.2, 0) is 9.59 Å². The van der Waals surface area contributed by atoms with Crippen molar-refractivity contribution in [1.29, 1.82) is 0 Å². The van der Waals surface area contributed by atoms with Crippen molar-refractivity contribution in [3.05, 3.63) is 60.2 Å². The minimum Gasteiger partial charge on any atom is -0.388 e. The molecule has 2 aromatic carbocycles. The molecule has 0 saturated carbocycles. The van der Waals surface area contributed by atoms with Crippen molar-refractivity contribution in [2.24, 2.45) is 0 Å². The first-order chi connectivity index (χ1) is 11.0. The van der Waals surface area contributed by atoms with Crippen LogP contribution in [0.3, 0.4) is 0 Å². The molecule has 0 aliphatic heterocycles. The Balaban J connectivity index is 2.00. The fourth-order valence-corrected chi connectivity index (χ4v) is 2.15. The summed E-state index contributed by atoms with van der Waals surface area (Å²) in [6.45, 7) is 1.47. The maximum Gasteiger partial charge on any atom is 0.227 e. The van der Waals surface area contributed by atoms with Crippen LogP contribution >= 0.6 is 0 Å². The molecule has 23 heavy (non-hydrogen) atoms. The van der Waals surface area contributed by atoms with Crippen LogP contribution in [0.5, 0.6) is 0 Å². The molecule has 2 amide bonds. The Morgan fingerprint density at radius 2 is 1.83 bits per heavy atom. The summed E-state index contributed by atoms with van der Waals surface area (Å²) < 4.78 is 0. The number of carbonyl (C=O) groups is 2. The van der Waals surface area contributed by atoms with Gasteiger partial charge in [0.25, 0.3) is 0 Å². The van der Waals surface area contributed by atoms with Gasteiger partial charge in [-0.15, -0.1) is 0 Å². The number of nitrogens with one attached hydrogen (secondary N) is 1. The van der Waals surface area contributed by atoms with Gasteiger partial charge in [0, 0.05) is 25.3 Å². The standard InChI is InChI=1S/C18H20N2O3/c1-13(21)20(2)16-10-6-9-15(11-16)19-18(23)12-17(22)14-7-4-3-5-8-14/h3-11,17,22H,12H2,1-2H3,(H,19,23). The van der Waals surface area contributed by atoms with Gasteiger partial charge >= 0.3 is 0 Å². The Morgan fingerprint density at radius 3 is 2.48 bits per heavy atom. The lowest BCUT2D eigenvalue weighted by molar-refractivity contribution is -0.118. The SMILES string of the molecule is CC(=O)N(C)c1cccc(NC(=O)CC(O)c2ccccc2)c1. The molecule has 0 bridgehead atoms. The molecule has 5 nitrogen and oxygen atoms in total. The first-order valence-corrected chi connectivity index (χ1v) is 7.34. The molecule has 120 valence electrons. The zero-order chi connectivity index (χ0) is 16.8. The van der Waals surface area contributed by atoms with E-state index in [9.17, 15) is 14.7 Å². The first-order valence-electron chi connectivity index (χ1n) is 7.34. The number of anilines is 2. The number of hydrogen-bond donors (Lipinski definition) is 2. The van der Waals surface area contributed by atoms with Gasteiger partial charge in [0.2, 0.25) is 11.8 Å². The Bertz CT molecular complexity index is 686. The van der Waals surface area contributed by atoms with Crippen LogP contribution in [0, 0.1) is 0 Å². The van der Waals surface area contributed by atoms with E-state index >= 15 is 0 Å². The molecule has 2 aromatic rings. The highest BCUT2D eigenvalue weighted by atomic mass is 16.3. The minimum atomic E-state index is -0.848. The highest BCUT2D eigenvalue weighted by molar-refractivity contribution is 5.94. The van der Waals surface area contributed by atoms with Crippen molar-refractivity contribution in [3.63, 3.8) is 0 Å². The van der Waals surface area contributed by atoms with Gasteiger partial charge in [-0.25, -0.2) is 0 Å². The van der Waals surface area contributed by atoms with Crippen LogP contribution in [0.15, 0.2) is 54.6 Å². The molecular formula is C18H20N2O3. The van der Waals surface area contributed by atoms with Gasteiger partial charge in [-0.2, -0.15) is 0 Å². The predicted octanol–water partition coefficient (Wildman–Crippen LogP) is 2.73. The first kappa shape index (κ1) is 16.7. The van der Waals surface area contributed by atoms with Gasteiger partial charge < -0.3 is 15.3 Å². The topological polar surface area (TPSA) is 69.6 Å². The monoisotopic (exact) mass is 312 g/mol. The summed E-state index contributed by atoms with van der Waals surface area (Å²) >= 11 is 0. The lowest BCUT2D eigenvalue weighted by atomic mass is 10.1. The summed E-state index contributed by atoms with van der Waals surface area (Å²) in [6, 6.07) is 16.1. The smallest absolute Gasteiger partial charge is 0.227 e. The second-order valence-corrected chi connectivity index (χ2v) is 5.31. The van der Waals surface area contributed by atoms with Crippen LogP contribution < -0.4 is 10.2 Å². The molecule has 0 spiro atoms. The number of nitrogens with zero attached hydrogens (tertiary/aromatic N) is 1. The van der Waals surface area contributed by atoms with E-state index in [0.717, 1.165) is 0 Å². The molecule has 0 radical (unpaired) electrons. The van der Waals surface area contributed by atoms with Crippen LogP contribution in [0.2, 0.25) is 0 Å². The van der Waals surface area contributed by atoms with E-state index in [1.807, 2.05) is 18.2 Å². The van der Waals surface area contributed by atoms with Crippen molar-refractivity contribution in [2.75, 3.05) is 17.3 Å². The van der Waals surface area contributed by atoms with E-state index in [1.54, 1.807) is 43.4 Å². The fraction of sp³-hybridized carbons (Fsp3) is 0.222. The Hall–Kier alpha value is -2.66. The van der Waals surface area contributed by atoms with E-state index < -0.39 is 6.10 Å². The Morgan fingerprint density at radius 1 is 1.13 bits per heavy atom. The van der Waals surface area contributed by atoms with E-state index in [0.29, 0.717) is 16.9 Å². The zero-order valence-corrected chi connectivity index (χ0v) is 13.2. The van der Waals surface area contributed by atoms with Gasteiger partial charge in [0.05, 0.1) is 12.5 Å². The summed E-state index contributed by atoms with van der Waals surface area (Å²) in [5.41, 5.74) is 1.98. The molecule has 1 atom stereocenters. The van der Waals surface area contributed by atoms with Crippen LogP contribution in [-0.4, -0.2) is 24.0 Å². The van der Waals surface area contributed by atoms with Gasteiger partial charge in [-0.3, -0.25) is 9.59 Å². The molecule has 0 saturated heterocycles. The summed E-state index contributed by atoms with van der Waals surface area (Å²) in [4.78, 5) is 24.9. The summed E-state index contributed by atoms with van der Waals surface area (Å²) in [6.07, 6.45) is -0.879.